The van der Waals surface area contributed by atoms with Crippen LogP contribution in [-0.2, 0) is 4.79 Å². The molecule has 4 rings (SSSR count). The quantitative estimate of drug-likeness (QED) is 0.308. The van der Waals surface area contributed by atoms with Gasteiger partial charge in [0, 0.05) is 17.1 Å². The van der Waals surface area contributed by atoms with E-state index in [0.717, 1.165) is 27.0 Å². The molecule has 31 heavy (non-hydrogen) atoms. The summed E-state index contributed by atoms with van der Waals surface area (Å²) in [6, 6.07) is 33.4. The van der Waals surface area contributed by atoms with Gasteiger partial charge < -0.3 is 15.4 Å². The molecule has 1 amide bonds. The molecule has 0 radical (unpaired) electrons. The van der Waals surface area contributed by atoms with Crippen molar-refractivity contribution in [2.75, 3.05) is 17.2 Å². The van der Waals surface area contributed by atoms with Crippen molar-refractivity contribution in [2.45, 2.75) is 0 Å². The summed E-state index contributed by atoms with van der Waals surface area (Å²) in [5.41, 5.74) is 4.87. The molecular weight excluding hydrogens is 452 g/mol. The van der Waals surface area contributed by atoms with Gasteiger partial charge in [-0.3, -0.25) is 4.79 Å². The second-order valence-electron chi connectivity index (χ2n) is 6.92. The van der Waals surface area contributed by atoms with Crippen molar-refractivity contribution in [1.29, 1.82) is 0 Å². The Balaban J connectivity index is 1.31. The highest BCUT2D eigenvalue weighted by molar-refractivity contribution is 9.10. The zero-order valence-corrected chi connectivity index (χ0v) is 18.3. The number of carbonyl (C=O) groups is 1. The maximum Gasteiger partial charge on any atom is 0.262 e. The van der Waals surface area contributed by atoms with E-state index in [1.807, 2.05) is 91.0 Å². The maximum absolute atomic E-state index is 12.3. The number of rotatable bonds is 7. The minimum Gasteiger partial charge on any atom is -0.483 e. The third-order valence-corrected chi connectivity index (χ3v) is 5.25. The molecule has 0 heterocycles. The lowest BCUT2D eigenvalue weighted by molar-refractivity contribution is -0.118. The van der Waals surface area contributed by atoms with Crippen molar-refractivity contribution < 1.29 is 9.53 Å². The first-order valence-corrected chi connectivity index (χ1v) is 10.7. The van der Waals surface area contributed by atoms with Crippen LogP contribution in [0.5, 0.6) is 5.75 Å². The molecule has 4 nitrogen and oxygen atoms in total. The number of para-hydroxylation sites is 1. The first-order valence-electron chi connectivity index (χ1n) is 9.87. The van der Waals surface area contributed by atoms with Gasteiger partial charge in [0.2, 0.25) is 0 Å². The third-order valence-electron chi connectivity index (χ3n) is 4.63. The Bertz CT molecular complexity index is 1150. The van der Waals surface area contributed by atoms with Crippen molar-refractivity contribution >= 4 is 38.9 Å². The second kappa shape index (κ2) is 9.96. The molecule has 0 atom stereocenters. The molecule has 4 aromatic rings. The standard InChI is InChI=1S/C26H21BrN2O2/c27-24-17-20(19-7-3-1-4-8-19)11-16-25(24)31-18-26(30)29-23-14-12-22(13-15-23)28-21-9-5-2-6-10-21/h1-17,28H,18H2,(H,29,30). The summed E-state index contributed by atoms with van der Waals surface area (Å²) in [6.07, 6.45) is 0. The predicted octanol–water partition coefficient (Wildman–Crippen LogP) is 6.88. The van der Waals surface area contributed by atoms with Crippen LogP contribution >= 0.6 is 15.9 Å². The lowest BCUT2D eigenvalue weighted by atomic mass is 10.1. The molecule has 0 aliphatic rings. The van der Waals surface area contributed by atoms with Crippen molar-refractivity contribution in [3.8, 4) is 16.9 Å². The molecule has 0 bridgehead atoms. The van der Waals surface area contributed by atoms with Gasteiger partial charge in [-0.25, -0.2) is 0 Å². The number of carbonyl (C=O) groups excluding carboxylic acids is 1. The van der Waals surface area contributed by atoms with Crippen LogP contribution in [0.4, 0.5) is 17.1 Å². The van der Waals surface area contributed by atoms with Crippen LogP contribution in [0, 0.1) is 0 Å². The van der Waals surface area contributed by atoms with Gasteiger partial charge in [-0.2, -0.15) is 0 Å². The minimum absolute atomic E-state index is 0.0761. The van der Waals surface area contributed by atoms with Gasteiger partial charge in [-0.1, -0.05) is 54.6 Å². The number of halogens is 1. The molecule has 154 valence electrons. The van der Waals surface area contributed by atoms with Crippen LogP contribution in [-0.4, -0.2) is 12.5 Å². The number of amides is 1. The van der Waals surface area contributed by atoms with E-state index in [0.29, 0.717) is 11.4 Å². The number of benzene rings is 4. The Morgan fingerprint density at radius 2 is 1.32 bits per heavy atom. The highest BCUT2D eigenvalue weighted by Crippen LogP contribution is 2.30. The molecule has 0 aliphatic carbocycles. The number of ether oxygens (including phenoxy) is 1. The first-order chi connectivity index (χ1) is 15.2. The van der Waals surface area contributed by atoms with Gasteiger partial charge in [0.1, 0.15) is 5.75 Å². The second-order valence-corrected chi connectivity index (χ2v) is 7.77. The summed E-state index contributed by atoms with van der Waals surface area (Å²) in [4.78, 5) is 12.3. The molecule has 0 unspecified atom stereocenters. The fourth-order valence-electron chi connectivity index (χ4n) is 3.09. The summed E-state index contributed by atoms with van der Waals surface area (Å²) < 4.78 is 6.50. The van der Waals surface area contributed by atoms with Gasteiger partial charge in [0.05, 0.1) is 4.47 Å². The van der Waals surface area contributed by atoms with E-state index in [1.54, 1.807) is 0 Å². The van der Waals surface area contributed by atoms with Gasteiger partial charge in [0.25, 0.3) is 5.91 Å². The molecular formula is C26H21BrN2O2. The zero-order chi connectivity index (χ0) is 21.5. The topological polar surface area (TPSA) is 50.4 Å². The molecule has 0 aliphatic heterocycles. The number of nitrogens with one attached hydrogen (secondary N) is 2. The Labute approximate surface area is 190 Å². The van der Waals surface area contributed by atoms with Gasteiger partial charge >= 0.3 is 0 Å². The summed E-state index contributed by atoms with van der Waals surface area (Å²) in [6.45, 7) is -0.0761. The Kier molecular flexibility index (Phi) is 6.65. The van der Waals surface area contributed by atoms with E-state index in [4.69, 9.17) is 4.74 Å². The Morgan fingerprint density at radius 3 is 2.00 bits per heavy atom. The van der Waals surface area contributed by atoms with Crippen LogP contribution in [0.3, 0.4) is 0 Å². The average Bonchev–Trinajstić information content (AvgIpc) is 2.81. The van der Waals surface area contributed by atoms with E-state index in [-0.39, 0.29) is 12.5 Å². The zero-order valence-electron chi connectivity index (χ0n) is 16.7. The lowest BCUT2D eigenvalue weighted by Gasteiger charge is -2.11. The Morgan fingerprint density at radius 1 is 0.710 bits per heavy atom. The number of anilines is 3. The minimum atomic E-state index is -0.220. The largest absolute Gasteiger partial charge is 0.483 e. The van der Waals surface area contributed by atoms with Gasteiger partial charge in [-0.05, 0) is 75.6 Å². The number of hydrogen-bond acceptors (Lipinski definition) is 3. The van der Waals surface area contributed by atoms with Crippen molar-refractivity contribution in [1.82, 2.24) is 0 Å². The van der Waals surface area contributed by atoms with Crippen LogP contribution in [0.2, 0.25) is 0 Å². The van der Waals surface area contributed by atoms with Crippen LogP contribution in [0.15, 0.2) is 108 Å². The van der Waals surface area contributed by atoms with E-state index >= 15 is 0 Å². The Hall–Kier alpha value is -3.57. The molecule has 5 heteroatoms. The molecule has 0 fully saturated rings. The first kappa shape index (κ1) is 20.7. The summed E-state index contributed by atoms with van der Waals surface area (Å²) in [7, 11) is 0. The fourth-order valence-corrected chi connectivity index (χ4v) is 3.59. The fraction of sp³-hybridized carbons (Fsp3) is 0.0385. The van der Waals surface area contributed by atoms with E-state index in [9.17, 15) is 4.79 Å². The molecule has 0 aromatic heterocycles. The van der Waals surface area contributed by atoms with E-state index in [1.165, 1.54) is 0 Å². The van der Waals surface area contributed by atoms with Gasteiger partial charge in [0.15, 0.2) is 6.61 Å². The average molecular weight is 473 g/mol. The molecule has 2 N–H and O–H groups in total. The van der Waals surface area contributed by atoms with Crippen LogP contribution in [0.1, 0.15) is 0 Å². The van der Waals surface area contributed by atoms with Crippen molar-refractivity contribution in [3.63, 3.8) is 0 Å². The van der Waals surface area contributed by atoms with Crippen molar-refractivity contribution in [2.24, 2.45) is 0 Å². The molecule has 0 spiro atoms. The smallest absolute Gasteiger partial charge is 0.262 e. The van der Waals surface area contributed by atoms with Crippen LogP contribution in [0.25, 0.3) is 11.1 Å². The summed E-state index contributed by atoms with van der Waals surface area (Å²) in [5.74, 6) is 0.403. The third kappa shape index (κ3) is 5.74. The molecule has 0 saturated carbocycles. The summed E-state index contributed by atoms with van der Waals surface area (Å²) in [5, 5.41) is 6.16. The predicted molar refractivity (Wildman–Crippen MR) is 130 cm³/mol. The monoisotopic (exact) mass is 472 g/mol. The summed E-state index contributed by atoms with van der Waals surface area (Å²) >= 11 is 3.53. The van der Waals surface area contributed by atoms with Crippen molar-refractivity contribution in [3.05, 3.63) is 108 Å². The van der Waals surface area contributed by atoms with Gasteiger partial charge in [-0.15, -0.1) is 0 Å². The highest BCUT2D eigenvalue weighted by atomic mass is 79.9. The van der Waals surface area contributed by atoms with Crippen LogP contribution < -0.4 is 15.4 Å². The SMILES string of the molecule is O=C(COc1ccc(-c2ccccc2)cc1Br)Nc1ccc(Nc2ccccc2)cc1. The van der Waals surface area contributed by atoms with E-state index in [2.05, 4.69) is 38.7 Å². The molecule has 4 aromatic carbocycles. The highest BCUT2D eigenvalue weighted by Gasteiger charge is 2.08. The lowest BCUT2D eigenvalue weighted by Crippen LogP contribution is -2.20. The molecule has 0 saturated heterocycles. The van der Waals surface area contributed by atoms with E-state index < -0.39 is 0 Å². The maximum atomic E-state index is 12.3. The normalized spacial score (nSPS) is 10.4. The number of hydrogen-bond donors (Lipinski definition) is 2.